The number of aliphatic hydroxyl groups excluding tert-OH is 1. The van der Waals surface area contributed by atoms with Crippen LogP contribution in [0.5, 0.6) is 0 Å². The highest BCUT2D eigenvalue weighted by Gasteiger charge is 2.53. The predicted molar refractivity (Wildman–Crippen MR) is 143 cm³/mol. The van der Waals surface area contributed by atoms with Crippen LogP contribution in [-0.4, -0.2) is 74.1 Å². The summed E-state index contributed by atoms with van der Waals surface area (Å²) in [4.78, 5) is 45.5. The molecule has 1 unspecified atom stereocenters. The average Bonchev–Trinajstić information content (AvgIpc) is 3.29. The largest absolute Gasteiger partial charge is 0.391 e. The Labute approximate surface area is 228 Å². The first-order chi connectivity index (χ1) is 17.9. The first kappa shape index (κ1) is 28.4. The lowest BCUT2D eigenvalue weighted by Crippen LogP contribution is -2.60. The highest BCUT2D eigenvalue weighted by atomic mass is 32.2. The van der Waals surface area contributed by atoms with Crippen molar-refractivity contribution in [3.05, 3.63) is 40.8 Å². The number of benzene rings is 1. The summed E-state index contributed by atoms with van der Waals surface area (Å²) < 4.78 is 28.4. The second-order valence-corrected chi connectivity index (χ2v) is 12.7. The van der Waals surface area contributed by atoms with Gasteiger partial charge in [0.15, 0.2) is 5.67 Å². The van der Waals surface area contributed by atoms with E-state index in [1.54, 1.807) is 37.7 Å². The monoisotopic (exact) mass is 566 g/mol. The number of β-amino-alcohol motifs (C(OH)–C–C–N with tert-alkyl or cyclic N) is 1. The molecule has 3 N–H and O–H groups in total. The average molecular weight is 567 g/mol. The molecule has 1 saturated carbocycles. The van der Waals surface area contributed by atoms with Crippen LogP contribution in [0.2, 0.25) is 0 Å². The molecule has 3 amide bonds. The Hall–Kier alpha value is -2.57. The zero-order valence-corrected chi connectivity index (χ0v) is 23.3. The Morgan fingerprint density at radius 2 is 2.05 bits per heavy atom. The molecule has 0 bridgehead atoms. The van der Waals surface area contributed by atoms with Crippen LogP contribution in [-0.2, 0) is 20.9 Å². The van der Waals surface area contributed by atoms with E-state index in [-0.39, 0.29) is 37.9 Å². The van der Waals surface area contributed by atoms with Gasteiger partial charge in [-0.1, -0.05) is 12.1 Å². The van der Waals surface area contributed by atoms with Crippen molar-refractivity contribution in [2.24, 2.45) is 0 Å². The number of aliphatic hydroxyl groups is 1. The number of amides is 3. The van der Waals surface area contributed by atoms with Gasteiger partial charge in [0.1, 0.15) is 17.9 Å². The van der Waals surface area contributed by atoms with Crippen LogP contribution in [0.15, 0.2) is 23.7 Å². The van der Waals surface area contributed by atoms with E-state index >= 15 is 0 Å². The molecule has 1 aliphatic heterocycles. The fourth-order valence-corrected chi connectivity index (χ4v) is 5.63. The molecule has 1 saturated heterocycles. The zero-order chi connectivity index (χ0) is 27.8. The fourth-order valence-electron chi connectivity index (χ4n) is 4.43. The Bertz CT molecular complexity index is 1230. The summed E-state index contributed by atoms with van der Waals surface area (Å²) in [5.41, 5.74) is 1.49. The molecule has 2 fully saturated rings. The van der Waals surface area contributed by atoms with Crippen molar-refractivity contribution in [2.45, 2.75) is 75.2 Å². The van der Waals surface area contributed by atoms with Gasteiger partial charge in [0, 0.05) is 29.8 Å². The van der Waals surface area contributed by atoms with Gasteiger partial charge in [0.25, 0.3) is 5.91 Å². The molecule has 1 aromatic carbocycles. The quantitative estimate of drug-likeness (QED) is 0.431. The minimum Gasteiger partial charge on any atom is -0.391 e. The second kappa shape index (κ2) is 10.9. The number of hydrogen-bond donors (Lipinski definition) is 3. The van der Waals surface area contributed by atoms with E-state index in [0.29, 0.717) is 5.56 Å². The van der Waals surface area contributed by atoms with Crippen molar-refractivity contribution in [1.29, 1.82) is 0 Å². The van der Waals surface area contributed by atoms with Crippen LogP contribution in [0, 0.1) is 12.7 Å². The van der Waals surface area contributed by atoms with E-state index in [9.17, 15) is 28.3 Å². The Morgan fingerprint density at radius 3 is 2.63 bits per heavy atom. The molecular formula is C26H32F2N4O4S2. The van der Waals surface area contributed by atoms with E-state index in [1.165, 1.54) is 34.1 Å². The topological polar surface area (TPSA) is 112 Å². The summed E-state index contributed by atoms with van der Waals surface area (Å²) in [5, 5.41) is 15.5. The van der Waals surface area contributed by atoms with Crippen molar-refractivity contribution in [3.8, 4) is 10.4 Å². The minimum atomic E-state index is -1.97. The summed E-state index contributed by atoms with van der Waals surface area (Å²) in [6.45, 7) is 5.13. The molecule has 1 aliphatic carbocycles. The molecule has 1 aromatic heterocycles. The molecule has 206 valence electrons. The third kappa shape index (κ3) is 5.86. The van der Waals surface area contributed by atoms with Gasteiger partial charge in [-0.05, 0) is 51.5 Å². The maximum atomic E-state index is 14.8. The van der Waals surface area contributed by atoms with Gasteiger partial charge in [0.05, 0.1) is 22.2 Å². The lowest BCUT2D eigenvalue weighted by molar-refractivity contribution is -0.143. The third-order valence-electron chi connectivity index (χ3n) is 7.22. The number of thiazole rings is 1. The molecular weight excluding hydrogens is 534 g/mol. The highest BCUT2D eigenvalue weighted by molar-refractivity contribution is 8.00. The first-order valence-electron chi connectivity index (χ1n) is 12.4. The summed E-state index contributed by atoms with van der Waals surface area (Å²) in [5.74, 6) is -2.45. The van der Waals surface area contributed by atoms with Gasteiger partial charge in [-0.2, -0.15) is 11.8 Å². The van der Waals surface area contributed by atoms with Crippen molar-refractivity contribution in [2.75, 3.05) is 12.8 Å². The molecule has 2 heterocycles. The number of alkyl halides is 1. The molecule has 3 atom stereocenters. The number of carbonyl (C=O) groups is 3. The maximum Gasteiger partial charge on any atom is 0.258 e. The van der Waals surface area contributed by atoms with Gasteiger partial charge >= 0.3 is 0 Å². The molecule has 38 heavy (non-hydrogen) atoms. The van der Waals surface area contributed by atoms with E-state index in [2.05, 4.69) is 15.6 Å². The molecule has 2 aliphatic rings. The lowest BCUT2D eigenvalue weighted by atomic mass is 10.00. The van der Waals surface area contributed by atoms with Gasteiger partial charge in [0.2, 0.25) is 11.8 Å². The predicted octanol–water partition coefficient (Wildman–Crippen LogP) is 2.96. The van der Waals surface area contributed by atoms with Gasteiger partial charge in [-0.3, -0.25) is 14.4 Å². The van der Waals surface area contributed by atoms with Gasteiger partial charge < -0.3 is 20.6 Å². The summed E-state index contributed by atoms with van der Waals surface area (Å²) in [6.07, 6.45) is 1.03. The fraction of sp³-hybridized carbons (Fsp3) is 0.538. The number of aryl methyl sites for hydroxylation is 1. The Balaban J connectivity index is 1.46. The SMILES string of the molecule is CSC(C)(C)[C@H](NC(=O)C1(F)CC1)C(=O)N1C[C@H](O)CC1C(=O)NCc1ccc(-c2scnc2C)cc1F. The molecule has 2 aromatic rings. The van der Waals surface area contributed by atoms with Crippen molar-refractivity contribution >= 4 is 40.8 Å². The Morgan fingerprint density at radius 1 is 1.34 bits per heavy atom. The molecule has 8 nitrogen and oxygen atoms in total. The van der Waals surface area contributed by atoms with Crippen LogP contribution in [0.4, 0.5) is 8.78 Å². The van der Waals surface area contributed by atoms with Crippen LogP contribution in [0.3, 0.4) is 0 Å². The summed E-state index contributed by atoms with van der Waals surface area (Å²) in [6, 6.07) is 2.62. The van der Waals surface area contributed by atoms with Gasteiger partial charge in [-0.25, -0.2) is 13.8 Å². The highest BCUT2D eigenvalue weighted by Crippen LogP contribution is 2.40. The number of thioether (sulfide) groups is 1. The lowest BCUT2D eigenvalue weighted by Gasteiger charge is -2.36. The molecule has 4 rings (SSSR count). The Kier molecular flexibility index (Phi) is 8.15. The van der Waals surface area contributed by atoms with Crippen LogP contribution < -0.4 is 10.6 Å². The van der Waals surface area contributed by atoms with E-state index in [0.717, 1.165) is 10.6 Å². The minimum absolute atomic E-state index is 0.00292. The van der Waals surface area contributed by atoms with Crippen LogP contribution in [0.25, 0.3) is 10.4 Å². The molecule has 12 heteroatoms. The standard InChI is InChI=1S/C26H32F2N4O4S2/c1-14-20(38-13-30-14)15-5-6-16(18(27)9-15)11-29-22(34)19-10-17(33)12-32(19)23(35)21(25(2,3)37-4)31-24(36)26(28)7-8-26/h5-6,9,13,17,19,21,33H,7-8,10-12H2,1-4H3,(H,29,34)(H,31,36)/t17-,19?,21-/m1/s1. The second-order valence-electron chi connectivity index (χ2n) is 10.4. The van der Waals surface area contributed by atoms with E-state index in [1.807, 2.05) is 6.92 Å². The number of carbonyl (C=O) groups excluding carboxylic acids is 3. The number of likely N-dealkylation sites (tertiary alicyclic amines) is 1. The number of nitrogens with one attached hydrogen (secondary N) is 2. The summed E-state index contributed by atoms with van der Waals surface area (Å²) >= 11 is 2.74. The zero-order valence-electron chi connectivity index (χ0n) is 21.7. The normalized spacial score (nSPS) is 21.2. The number of rotatable bonds is 9. The van der Waals surface area contributed by atoms with Gasteiger partial charge in [-0.15, -0.1) is 11.3 Å². The van der Waals surface area contributed by atoms with Crippen LogP contribution in [0.1, 0.15) is 44.4 Å². The number of halogens is 2. The van der Waals surface area contributed by atoms with E-state index < -0.39 is 52.1 Å². The summed E-state index contributed by atoms with van der Waals surface area (Å²) in [7, 11) is 0. The maximum absolute atomic E-state index is 14.8. The number of nitrogens with zero attached hydrogens (tertiary/aromatic N) is 2. The number of hydrogen-bond acceptors (Lipinski definition) is 7. The number of aromatic nitrogens is 1. The van der Waals surface area contributed by atoms with Crippen molar-refractivity contribution < 1.29 is 28.3 Å². The smallest absolute Gasteiger partial charge is 0.258 e. The van der Waals surface area contributed by atoms with Crippen molar-refractivity contribution in [1.82, 2.24) is 20.5 Å². The first-order valence-corrected chi connectivity index (χ1v) is 14.5. The molecule has 0 spiro atoms. The van der Waals surface area contributed by atoms with Crippen molar-refractivity contribution in [3.63, 3.8) is 0 Å². The molecule has 0 radical (unpaired) electrons. The van der Waals surface area contributed by atoms with Crippen LogP contribution >= 0.6 is 23.1 Å². The third-order valence-corrected chi connectivity index (χ3v) is 9.48. The van der Waals surface area contributed by atoms with E-state index in [4.69, 9.17) is 0 Å².